The Morgan fingerprint density at radius 1 is 1.06 bits per heavy atom. The van der Waals surface area contributed by atoms with Crippen LogP contribution in [0.3, 0.4) is 0 Å². The topological polar surface area (TPSA) is 71.3 Å². The lowest BCUT2D eigenvalue weighted by Gasteiger charge is -2.10. The van der Waals surface area contributed by atoms with Gasteiger partial charge in [-0.05, 0) is 88.6 Å². The van der Waals surface area contributed by atoms with Crippen LogP contribution in [0, 0.1) is 11.3 Å². The summed E-state index contributed by atoms with van der Waals surface area (Å²) in [5.41, 5.74) is 2.08. The van der Waals surface area contributed by atoms with E-state index in [0.717, 1.165) is 5.56 Å². The van der Waals surface area contributed by atoms with Gasteiger partial charge in [0.1, 0.15) is 29.7 Å². The Bertz CT molecular complexity index is 1220. The highest BCUT2D eigenvalue weighted by molar-refractivity contribution is 9.10. The smallest absolute Gasteiger partial charge is 0.266 e. The minimum atomic E-state index is -0.502. The van der Waals surface area contributed by atoms with Crippen molar-refractivity contribution >= 4 is 56.8 Å². The molecule has 0 aliphatic rings. The van der Waals surface area contributed by atoms with Gasteiger partial charge in [0.05, 0.1) is 21.1 Å². The standard InChI is InChI=1S/C25H19BrCl2N2O3/c1-2-32-20-7-5-19(6-8-20)30-25(31)18(14-29)11-16-4-10-24(21(26)12-16)33-15-17-3-9-22(27)23(28)13-17/h3-13H,2,15H2,1H3,(H,30,31)/b18-11-. The Labute approximate surface area is 210 Å². The lowest BCUT2D eigenvalue weighted by molar-refractivity contribution is -0.112. The van der Waals surface area contributed by atoms with E-state index in [1.807, 2.05) is 19.1 Å². The number of ether oxygens (including phenoxy) is 2. The fourth-order valence-electron chi connectivity index (χ4n) is 2.83. The summed E-state index contributed by atoms with van der Waals surface area (Å²) in [5, 5.41) is 13.1. The summed E-state index contributed by atoms with van der Waals surface area (Å²) in [6, 6.07) is 19.5. The lowest BCUT2D eigenvalue weighted by Crippen LogP contribution is -2.13. The van der Waals surface area contributed by atoms with Crippen LogP contribution in [0.15, 0.2) is 70.7 Å². The van der Waals surface area contributed by atoms with E-state index in [4.69, 9.17) is 32.7 Å². The minimum Gasteiger partial charge on any atom is -0.494 e. The Kier molecular flexibility index (Phi) is 8.79. The van der Waals surface area contributed by atoms with Gasteiger partial charge in [0.2, 0.25) is 0 Å². The Morgan fingerprint density at radius 3 is 2.45 bits per heavy atom. The van der Waals surface area contributed by atoms with Crippen LogP contribution in [-0.4, -0.2) is 12.5 Å². The number of nitrogens with one attached hydrogen (secondary N) is 1. The number of nitriles is 1. The Hall–Kier alpha value is -2.98. The summed E-state index contributed by atoms with van der Waals surface area (Å²) in [6.07, 6.45) is 1.51. The van der Waals surface area contributed by atoms with Gasteiger partial charge in [-0.3, -0.25) is 4.79 Å². The first-order valence-corrected chi connectivity index (χ1v) is 11.5. The van der Waals surface area contributed by atoms with Crippen LogP contribution in [0.1, 0.15) is 18.1 Å². The molecule has 0 aliphatic heterocycles. The second kappa shape index (κ2) is 11.8. The molecule has 0 heterocycles. The zero-order chi connectivity index (χ0) is 23.8. The number of amides is 1. The summed E-state index contributed by atoms with van der Waals surface area (Å²) >= 11 is 15.4. The van der Waals surface area contributed by atoms with E-state index < -0.39 is 5.91 Å². The average Bonchev–Trinajstić information content (AvgIpc) is 2.80. The van der Waals surface area contributed by atoms with Crippen LogP contribution < -0.4 is 14.8 Å². The maximum absolute atomic E-state index is 12.5. The molecule has 0 aliphatic carbocycles. The molecule has 0 unspecified atom stereocenters. The quantitative estimate of drug-likeness (QED) is 0.238. The molecule has 0 aromatic heterocycles. The van der Waals surface area contributed by atoms with Gasteiger partial charge >= 0.3 is 0 Å². The van der Waals surface area contributed by atoms with E-state index in [2.05, 4.69) is 21.2 Å². The monoisotopic (exact) mass is 544 g/mol. The van der Waals surface area contributed by atoms with Gasteiger partial charge in [-0.15, -0.1) is 0 Å². The van der Waals surface area contributed by atoms with E-state index in [0.29, 0.717) is 50.5 Å². The third-order valence-electron chi connectivity index (χ3n) is 4.43. The number of carbonyl (C=O) groups is 1. The highest BCUT2D eigenvalue weighted by Gasteiger charge is 2.11. The number of carbonyl (C=O) groups excluding carboxylic acids is 1. The first kappa shape index (κ1) is 24.7. The second-order valence-corrected chi connectivity index (χ2v) is 8.48. The molecule has 1 amide bonds. The highest BCUT2D eigenvalue weighted by atomic mass is 79.9. The first-order valence-electron chi connectivity index (χ1n) is 9.92. The third kappa shape index (κ3) is 7.00. The van der Waals surface area contributed by atoms with Gasteiger partial charge in [0, 0.05) is 5.69 Å². The van der Waals surface area contributed by atoms with Gasteiger partial charge in [-0.25, -0.2) is 0 Å². The molecule has 0 radical (unpaired) electrons. The summed E-state index contributed by atoms with van der Waals surface area (Å²) in [7, 11) is 0. The van der Waals surface area contributed by atoms with Crippen LogP contribution in [0.2, 0.25) is 10.0 Å². The van der Waals surface area contributed by atoms with Crippen molar-refractivity contribution in [2.45, 2.75) is 13.5 Å². The van der Waals surface area contributed by atoms with E-state index >= 15 is 0 Å². The summed E-state index contributed by atoms with van der Waals surface area (Å²) in [4.78, 5) is 12.5. The van der Waals surface area contributed by atoms with Crippen LogP contribution in [-0.2, 0) is 11.4 Å². The summed E-state index contributed by atoms with van der Waals surface area (Å²) < 4.78 is 11.9. The molecule has 3 aromatic carbocycles. The Balaban J connectivity index is 1.67. The predicted molar refractivity (Wildman–Crippen MR) is 135 cm³/mol. The van der Waals surface area contributed by atoms with Gasteiger partial charge in [0.25, 0.3) is 5.91 Å². The number of anilines is 1. The molecule has 0 spiro atoms. The van der Waals surface area contributed by atoms with Crippen molar-refractivity contribution in [1.29, 1.82) is 5.26 Å². The SMILES string of the molecule is CCOc1ccc(NC(=O)/C(C#N)=C\c2ccc(OCc3ccc(Cl)c(Cl)c3)c(Br)c2)cc1. The van der Waals surface area contributed by atoms with Gasteiger partial charge < -0.3 is 14.8 Å². The molecule has 1 N–H and O–H groups in total. The summed E-state index contributed by atoms with van der Waals surface area (Å²) in [6.45, 7) is 2.76. The maximum Gasteiger partial charge on any atom is 0.266 e. The van der Waals surface area contributed by atoms with Crippen molar-refractivity contribution in [1.82, 2.24) is 0 Å². The maximum atomic E-state index is 12.5. The lowest BCUT2D eigenvalue weighted by atomic mass is 10.1. The van der Waals surface area contributed by atoms with E-state index in [-0.39, 0.29) is 5.57 Å². The Morgan fingerprint density at radius 2 is 1.82 bits per heavy atom. The molecule has 5 nitrogen and oxygen atoms in total. The molecule has 0 saturated heterocycles. The zero-order valence-electron chi connectivity index (χ0n) is 17.6. The molecule has 0 bridgehead atoms. The highest BCUT2D eigenvalue weighted by Crippen LogP contribution is 2.29. The van der Waals surface area contributed by atoms with E-state index in [1.54, 1.807) is 54.6 Å². The fraction of sp³-hybridized carbons (Fsp3) is 0.120. The largest absolute Gasteiger partial charge is 0.494 e. The van der Waals surface area contributed by atoms with Crippen molar-refractivity contribution in [3.8, 4) is 17.6 Å². The molecule has 0 saturated carbocycles. The molecule has 0 fully saturated rings. The number of nitrogens with zero attached hydrogens (tertiary/aromatic N) is 1. The van der Waals surface area contributed by atoms with Crippen LogP contribution in [0.5, 0.6) is 11.5 Å². The van der Waals surface area contributed by atoms with E-state index in [9.17, 15) is 10.1 Å². The molecule has 3 rings (SSSR count). The van der Waals surface area contributed by atoms with Gasteiger partial charge in [0.15, 0.2) is 0 Å². The molecule has 3 aromatic rings. The van der Waals surface area contributed by atoms with Crippen molar-refractivity contribution in [3.63, 3.8) is 0 Å². The predicted octanol–water partition coefficient (Wildman–Crippen LogP) is 7.28. The second-order valence-electron chi connectivity index (χ2n) is 6.81. The van der Waals surface area contributed by atoms with E-state index in [1.165, 1.54) is 6.08 Å². The first-order chi connectivity index (χ1) is 15.9. The molecular formula is C25H19BrCl2N2O3. The minimum absolute atomic E-state index is 0.0275. The number of rotatable bonds is 8. The van der Waals surface area contributed by atoms with Gasteiger partial charge in [-0.1, -0.05) is 35.3 Å². The molecule has 168 valence electrons. The van der Waals surface area contributed by atoms with Crippen molar-refractivity contribution < 1.29 is 14.3 Å². The molecule has 33 heavy (non-hydrogen) atoms. The molecule has 0 atom stereocenters. The van der Waals surface area contributed by atoms with Crippen LogP contribution in [0.25, 0.3) is 6.08 Å². The normalized spacial score (nSPS) is 10.9. The van der Waals surface area contributed by atoms with Crippen molar-refractivity contribution in [3.05, 3.63) is 91.9 Å². The van der Waals surface area contributed by atoms with Crippen molar-refractivity contribution in [2.24, 2.45) is 0 Å². The fourth-order valence-corrected chi connectivity index (χ4v) is 3.66. The zero-order valence-corrected chi connectivity index (χ0v) is 20.7. The number of benzene rings is 3. The van der Waals surface area contributed by atoms with Crippen LogP contribution >= 0.6 is 39.1 Å². The van der Waals surface area contributed by atoms with Gasteiger partial charge in [-0.2, -0.15) is 5.26 Å². The van der Waals surface area contributed by atoms with Crippen LogP contribution in [0.4, 0.5) is 5.69 Å². The molecular weight excluding hydrogens is 527 g/mol. The average molecular weight is 546 g/mol. The number of hydrogen-bond acceptors (Lipinski definition) is 4. The number of halogens is 3. The number of hydrogen-bond donors (Lipinski definition) is 1. The third-order valence-corrected chi connectivity index (χ3v) is 5.79. The molecule has 8 heteroatoms. The van der Waals surface area contributed by atoms with Crippen molar-refractivity contribution in [2.75, 3.05) is 11.9 Å². The summed E-state index contributed by atoms with van der Waals surface area (Å²) in [5.74, 6) is 0.811.